The summed E-state index contributed by atoms with van der Waals surface area (Å²) in [4.78, 5) is 61.8. The maximum atomic E-state index is 12.5. The van der Waals surface area contributed by atoms with E-state index in [9.17, 15) is 24.0 Å². The van der Waals surface area contributed by atoms with Crippen LogP contribution in [0, 0.1) is 0 Å². The Morgan fingerprint density at radius 1 is 1.09 bits per heavy atom. The van der Waals surface area contributed by atoms with E-state index in [-0.39, 0.29) is 24.2 Å². The smallest absolute Gasteiger partial charge is 0.328 e. The predicted molar refractivity (Wildman–Crippen MR) is 108 cm³/mol. The summed E-state index contributed by atoms with van der Waals surface area (Å²) in [6.45, 7) is 2.74. The van der Waals surface area contributed by atoms with Gasteiger partial charge in [0.15, 0.2) is 0 Å². The van der Waals surface area contributed by atoms with E-state index in [0.717, 1.165) is 4.90 Å². The average molecular weight is 442 g/mol. The molecule has 0 bridgehead atoms. The predicted octanol–water partition coefficient (Wildman–Crippen LogP) is -0.743. The molecule has 12 nitrogen and oxygen atoms in total. The number of nitrogens with one attached hydrogen (secondary N) is 2. The van der Waals surface area contributed by atoms with Gasteiger partial charge in [0.25, 0.3) is 11.8 Å². The van der Waals surface area contributed by atoms with Crippen LogP contribution in [-0.4, -0.2) is 68.7 Å². The molecule has 168 valence electrons. The van der Waals surface area contributed by atoms with Crippen LogP contribution in [0.3, 0.4) is 0 Å². The van der Waals surface area contributed by atoms with Crippen LogP contribution in [0.4, 0.5) is 0 Å². The Kier molecular flexibility index (Phi) is 6.61. The van der Waals surface area contributed by atoms with Gasteiger partial charge in [0.05, 0.1) is 31.0 Å². The summed E-state index contributed by atoms with van der Waals surface area (Å²) < 4.78 is 5.78. The number of fused-ring (bicyclic) bond motifs is 1. The number of imide groups is 1. The number of hydrogen-bond donors (Lipinski definition) is 2. The second kappa shape index (κ2) is 9.37. The number of carbonyl (C=O) groups is 5. The van der Waals surface area contributed by atoms with Crippen LogP contribution in [0.1, 0.15) is 40.3 Å². The number of esters is 1. The van der Waals surface area contributed by atoms with Crippen molar-refractivity contribution >= 4 is 29.6 Å². The number of aromatic nitrogens is 3. The standard InChI is InChI=1S/C20H22N6O6/c1-11(20(31)32-3)22-16(27)10-25-9-13(23-24-25)8-21-17(28)12(2)26-18(29)14-6-4-5-7-15(14)19(26)30/h4-7,9,11-12H,8,10H2,1-3H3,(H,21,28)(H,22,27)/t11-,12-/m0/s1. The summed E-state index contributed by atoms with van der Waals surface area (Å²) >= 11 is 0. The third kappa shape index (κ3) is 4.63. The minimum Gasteiger partial charge on any atom is -0.467 e. The summed E-state index contributed by atoms with van der Waals surface area (Å²) in [5, 5.41) is 12.7. The summed E-state index contributed by atoms with van der Waals surface area (Å²) in [6.07, 6.45) is 1.45. The fourth-order valence-corrected chi connectivity index (χ4v) is 3.17. The normalized spacial score (nSPS) is 14.5. The third-order valence-corrected chi connectivity index (χ3v) is 4.86. The average Bonchev–Trinajstić information content (AvgIpc) is 3.33. The first-order chi connectivity index (χ1) is 15.2. The van der Waals surface area contributed by atoms with Crippen LogP contribution >= 0.6 is 0 Å². The van der Waals surface area contributed by atoms with Crippen molar-refractivity contribution in [2.75, 3.05) is 7.11 Å². The van der Waals surface area contributed by atoms with E-state index >= 15 is 0 Å². The molecule has 1 aliphatic heterocycles. The molecule has 12 heteroatoms. The Bertz CT molecular complexity index is 1050. The van der Waals surface area contributed by atoms with Gasteiger partial charge in [0, 0.05) is 0 Å². The van der Waals surface area contributed by atoms with Gasteiger partial charge in [-0.05, 0) is 26.0 Å². The first-order valence-electron chi connectivity index (χ1n) is 9.73. The van der Waals surface area contributed by atoms with Crippen molar-refractivity contribution in [1.82, 2.24) is 30.5 Å². The highest BCUT2D eigenvalue weighted by molar-refractivity contribution is 6.22. The van der Waals surface area contributed by atoms with Crippen LogP contribution in [-0.2, 0) is 32.2 Å². The highest BCUT2D eigenvalue weighted by Gasteiger charge is 2.40. The molecule has 0 spiro atoms. The van der Waals surface area contributed by atoms with Crippen molar-refractivity contribution in [3.8, 4) is 0 Å². The van der Waals surface area contributed by atoms with Crippen LogP contribution in [0.5, 0.6) is 0 Å². The zero-order chi connectivity index (χ0) is 23.4. The fourth-order valence-electron chi connectivity index (χ4n) is 3.17. The van der Waals surface area contributed by atoms with Gasteiger partial charge in [-0.25, -0.2) is 9.48 Å². The number of amides is 4. The maximum Gasteiger partial charge on any atom is 0.328 e. The van der Waals surface area contributed by atoms with Gasteiger partial charge < -0.3 is 15.4 Å². The Morgan fingerprint density at radius 3 is 2.31 bits per heavy atom. The lowest BCUT2D eigenvalue weighted by Gasteiger charge is -2.21. The zero-order valence-electron chi connectivity index (χ0n) is 17.7. The fraction of sp³-hybridized carbons (Fsp3) is 0.350. The highest BCUT2D eigenvalue weighted by atomic mass is 16.5. The Balaban J connectivity index is 1.53. The molecule has 2 atom stereocenters. The molecule has 0 radical (unpaired) electrons. The van der Waals surface area contributed by atoms with Crippen molar-refractivity contribution in [2.24, 2.45) is 0 Å². The molecule has 4 amide bonds. The molecule has 0 saturated carbocycles. The summed E-state index contributed by atoms with van der Waals surface area (Å²) in [6, 6.07) is 4.55. The Morgan fingerprint density at radius 2 is 1.72 bits per heavy atom. The van der Waals surface area contributed by atoms with Crippen LogP contribution < -0.4 is 10.6 Å². The second-order valence-corrected chi connectivity index (χ2v) is 7.14. The van der Waals surface area contributed by atoms with Gasteiger partial charge in [-0.3, -0.25) is 24.1 Å². The SMILES string of the molecule is COC(=O)[C@H](C)NC(=O)Cn1cc(CNC(=O)[C@H](C)N2C(=O)c3ccccc3C2=O)nn1. The molecule has 32 heavy (non-hydrogen) atoms. The van der Waals surface area contributed by atoms with E-state index < -0.39 is 41.7 Å². The molecule has 1 aromatic carbocycles. The number of benzene rings is 1. The van der Waals surface area contributed by atoms with E-state index in [1.54, 1.807) is 24.3 Å². The van der Waals surface area contributed by atoms with Gasteiger partial charge in [0.2, 0.25) is 11.8 Å². The van der Waals surface area contributed by atoms with Crippen LogP contribution in [0.15, 0.2) is 30.5 Å². The first-order valence-corrected chi connectivity index (χ1v) is 9.73. The van der Waals surface area contributed by atoms with Crippen molar-refractivity contribution < 1.29 is 28.7 Å². The molecule has 3 rings (SSSR count). The number of hydrogen-bond acceptors (Lipinski definition) is 8. The molecule has 1 aromatic heterocycles. The number of ether oxygens (including phenoxy) is 1. The number of rotatable bonds is 8. The van der Waals surface area contributed by atoms with E-state index in [2.05, 4.69) is 25.7 Å². The molecule has 0 unspecified atom stereocenters. The van der Waals surface area contributed by atoms with Crippen LogP contribution in [0.25, 0.3) is 0 Å². The van der Waals surface area contributed by atoms with Crippen molar-refractivity contribution in [3.05, 3.63) is 47.3 Å². The zero-order valence-corrected chi connectivity index (χ0v) is 17.7. The monoisotopic (exact) mass is 442 g/mol. The van der Waals surface area contributed by atoms with Crippen molar-refractivity contribution in [2.45, 2.75) is 39.0 Å². The summed E-state index contributed by atoms with van der Waals surface area (Å²) in [7, 11) is 1.22. The maximum absolute atomic E-state index is 12.5. The lowest BCUT2D eigenvalue weighted by molar-refractivity contribution is -0.144. The molecular formula is C20H22N6O6. The van der Waals surface area contributed by atoms with Gasteiger partial charge in [-0.2, -0.15) is 0 Å². The van der Waals surface area contributed by atoms with Gasteiger partial charge in [-0.15, -0.1) is 5.10 Å². The third-order valence-electron chi connectivity index (χ3n) is 4.86. The van der Waals surface area contributed by atoms with Crippen molar-refractivity contribution in [1.29, 1.82) is 0 Å². The second-order valence-electron chi connectivity index (χ2n) is 7.14. The van der Waals surface area contributed by atoms with Gasteiger partial charge in [0.1, 0.15) is 24.3 Å². The first kappa shape index (κ1) is 22.6. The Labute approximate surface area is 182 Å². The minimum absolute atomic E-state index is 0.0213. The molecule has 2 heterocycles. The highest BCUT2D eigenvalue weighted by Crippen LogP contribution is 2.24. The van der Waals surface area contributed by atoms with E-state index in [0.29, 0.717) is 5.69 Å². The number of nitrogens with zero attached hydrogens (tertiary/aromatic N) is 4. The largest absolute Gasteiger partial charge is 0.467 e. The van der Waals surface area contributed by atoms with Crippen molar-refractivity contribution in [3.63, 3.8) is 0 Å². The lowest BCUT2D eigenvalue weighted by atomic mass is 10.1. The van der Waals surface area contributed by atoms with E-state index in [1.165, 1.54) is 31.8 Å². The van der Waals surface area contributed by atoms with E-state index in [4.69, 9.17) is 0 Å². The van der Waals surface area contributed by atoms with Gasteiger partial charge in [-0.1, -0.05) is 17.3 Å². The summed E-state index contributed by atoms with van der Waals surface area (Å²) in [5.41, 5.74) is 0.890. The quantitative estimate of drug-likeness (QED) is 0.400. The number of methoxy groups -OCH3 is 1. The topological polar surface area (TPSA) is 153 Å². The molecule has 1 aliphatic rings. The minimum atomic E-state index is -1.02. The summed E-state index contributed by atoms with van der Waals surface area (Å²) in [5.74, 6) is -2.63. The molecule has 2 aromatic rings. The molecule has 0 fully saturated rings. The Hall–Kier alpha value is -4.09. The number of carbonyl (C=O) groups excluding carboxylic acids is 5. The van der Waals surface area contributed by atoms with E-state index in [1.807, 2.05) is 0 Å². The van der Waals surface area contributed by atoms with Gasteiger partial charge >= 0.3 is 5.97 Å². The van der Waals surface area contributed by atoms with Crippen LogP contribution in [0.2, 0.25) is 0 Å². The molecular weight excluding hydrogens is 420 g/mol. The molecule has 0 aliphatic carbocycles. The molecule has 0 saturated heterocycles. The lowest BCUT2D eigenvalue weighted by Crippen LogP contribution is -2.47. The molecule has 2 N–H and O–H groups in total.